The van der Waals surface area contributed by atoms with Gasteiger partial charge in [0, 0.05) is 19.1 Å². The molecule has 70 valence electrons. The van der Waals surface area contributed by atoms with Crippen LogP contribution in [-0.4, -0.2) is 30.6 Å². The summed E-state index contributed by atoms with van der Waals surface area (Å²) in [5.41, 5.74) is 7.47. The molecule has 1 rings (SSSR count). The lowest BCUT2D eigenvalue weighted by atomic mass is 9.93. The molecule has 1 aliphatic rings. The highest BCUT2D eigenvalue weighted by molar-refractivity contribution is 5.17. The molecule has 2 heteroatoms. The Labute approximate surface area is 75.4 Å². The molecule has 0 aliphatic carbocycles. The fourth-order valence-electron chi connectivity index (χ4n) is 1.77. The first-order valence-corrected chi connectivity index (χ1v) is 4.83. The van der Waals surface area contributed by atoms with E-state index in [0.29, 0.717) is 5.92 Å². The van der Waals surface area contributed by atoms with E-state index in [-0.39, 0.29) is 6.04 Å². The predicted octanol–water partition coefficient (Wildman–Crippen LogP) is 1.23. The van der Waals surface area contributed by atoms with Crippen molar-refractivity contribution in [2.24, 2.45) is 11.7 Å². The summed E-state index contributed by atoms with van der Waals surface area (Å²) in [6.07, 6.45) is 2.29. The molecule has 1 heterocycles. The maximum Gasteiger partial charge on any atom is 0.0386 e. The number of nitrogens with two attached hydrogens (primary N) is 1. The Hall–Kier alpha value is -0.340. The van der Waals surface area contributed by atoms with Crippen molar-refractivity contribution in [1.82, 2.24) is 4.90 Å². The summed E-state index contributed by atoms with van der Waals surface area (Å²) in [6, 6.07) is 0.263. The van der Waals surface area contributed by atoms with Crippen molar-refractivity contribution < 1.29 is 0 Å². The Balaban J connectivity index is 2.61. The van der Waals surface area contributed by atoms with Crippen molar-refractivity contribution in [2.75, 3.05) is 19.6 Å². The van der Waals surface area contributed by atoms with Crippen molar-refractivity contribution in [2.45, 2.75) is 26.8 Å². The van der Waals surface area contributed by atoms with Gasteiger partial charge >= 0.3 is 0 Å². The third-order valence-corrected chi connectivity index (χ3v) is 2.58. The highest BCUT2D eigenvalue weighted by Gasteiger charge is 2.19. The molecule has 0 radical (unpaired) electrons. The zero-order chi connectivity index (χ0) is 9.14. The predicted molar refractivity (Wildman–Crippen MR) is 53.0 cm³/mol. The van der Waals surface area contributed by atoms with E-state index in [2.05, 4.69) is 31.7 Å². The molecule has 2 nitrogen and oxygen atoms in total. The van der Waals surface area contributed by atoms with Crippen LogP contribution in [0.4, 0.5) is 0 Å². The standard InChI is InChI=1S/C10H20N2/c1-4-12-6-5-9(8(2)3)10(11)7-12/h5,8,10H,4,6-7,11H2,1-3H3. The molecule has 0 spiro atoms. The molecule has 1 atom stereocenters. The van der Waals surface area contributed by atoms with Gasteiger partial charge < -0.3 is 5.73 Å². The lowest BCUT2D eigenvalue weighted by molar-refractivity contribution is 0.286. The summed E-state index contributed by atoms with van der Waals surface area (Å²) >= 11 is 0. The quantitative estimate of drug-likeness (QED) is 0.628. The van der Waals surface area contributed by atoms with Crippen LogP contribution < -0.4 is 5.73 Å². The summed E-state index contributed by atoms with van der Waals surface area (Å²) in [5.74, 6) is 0.610. The van der Waals surface area contributed by atoms with Crippen LogP contribution in [0.5, 0.6) is 0 Å². The van der Waals surface area contributed by atoms with Gasteiger partial charge in [0.15, 0.2) is 0 Å². The second-order valence-electron chi connectivity index (χ2n) is 3.82. The zero-order valence-corrected chi connectivity index (χ0v) is 8.38. The van der Waals surface area contributed by atoms with Crippen molar-refractivity contribution >= 4 is 0 Å². The van der Waals surface area contributed by atoms with E-state index in [9.17, 15) is 0 Å². The van der Waals surface area contributed by atoms with Gasteiger partial charge in [0.25, 0.3) is 0 Å². The average molecular weight is 168 g/mol. The van der Waals surface area contributed by atoms with Crippen molar-refractivity contribution in [3.05, 3.63) is 11.6 Å². The SMILES string of the molecule is CCN1CC=C(C(C)C)C(N)C1. The van der Waals surface area contributed by atoms with Crippen LogP contribution in [0.3, 0.4) is 0 Å². The maximum atomic E-state index is 6.04. The Morgan fingerprint density at radius 2 is 2.33 bits per heavy atom. The molecular weight excluding hydrogens is 148 g/mol. The van der Waals surface area contributed by atoms with E-state index in [1.54, 1.807) is 0 Å². The number of nitrogens with zero attached hydrogens (tertiary/aromatic N) is 1. The smallest absolute Gasteiger partial charge is 0.0386 e. The summed E-state index contributed by atoms with van der Waals surface area (Å²) in [6.45, 7) is 9.83. The summed E-state index contributed by atoms with van der Waals surface area (Å²) in [4.78, 5) is 2.37. The van der Waals surface area contributed by atoms with Gasteiger partial charge in [0.1, 0.15) is 0 Å². The first-order chi connectivity index (χ1) is 5.65. The summed E-state index contributed by atoms with van der Waals surface area (Å²) in [5, 5.41) is 0. The zero-order valence-electron chi connectivity index (χ0n) is 8.38. The molecule has 0 aromatic rings. The summed E-state index contributed by atoms with van der Waals surface area (Å²) < 4.78 is 0. The van der Waals surface area contributed by atoms with Crippen LogP contribution in [0.1, 0.15) is 20.8 Å². The molecule has 0 bridgehead atoms. The molecule has 0 saturated carbocycles. The van der Waals surface area contributed by atoms with Gasteiger partial charge in [-0.3, -0.25) is 4.90 Å². The van der Waals surface area contributed by atoms with Gasteiger partial charge in [0.05, 0.1) is 0 Å². The minimum Gasteiger partial charge on any atom is -0.323 e. The van der Waals surface area contributed by atoms with Gasteiger partial charge in [-0.25, -0.2) is 0 Å². The molecule has 0 fully saturated rings. The van der Waals surface area contributed by atoms with Gasteiger partial charge in [-0.1, -0.05) is 32.4 Å². The van der Waals surface area contributed by atoms with Gasteiger partial charge in [0.2, 0.25) is 0 Å². The lowest BCUT2D eigenvalue weighted by Crippen LogP contribution is -2.43. The first kappa shape index (κ1) is 9.75. The topological polar surface area (TPSA) is 29.3 Å². The first-order valence-electron chi connectivity index (χ1n) is 4.83. The monoisotopic (exact) mass is 168 g/mol. The fraction of sp³-hybridized carbons (Fsp3) is 0.800. The van der Waals surface area contributed by atoms with Gasteiger partial charge in [-0.15, -0.1) is 0 Å². The second-order valence-corrected chi connectivity index (χ2v) is 3.82. The van der Waals surface area contributed by atoms with Crippen LogP contribution in [0.15, 0.2) is 11.6 Å². The van der Waals surface area contributed by atoms with E-state index in [4.69, 9.17) is 5.73 Å². The number of rotatable bonds is 2. The Kier molecular flexibility index (Phi) is 3.29. The molecule has 1 unspecified atom stereocenters. The molecule has 0 aromatic heterocycles. The molecule has 12 heavy (non-hydrogen) atoms. The van der Waals surface area contributed by atoms with Crippen molar-refractivity contribution in [3.63, 3.8) is 0 Å². The molecule has 0 aromatic carbocycles. The van der Waals surface area contributed by atoms with Crippen LogP contribution in [0.2, 0.25) is 0 Å². The van der Waals surface area contributed by atoms with Crippen LogP contribution >= 0.6 is 0 Å². The van der Waals surface area contributed by atoms with Crippen molar-refractivity contribution in [1.29, 1.82) is 0 Å². The second kappa shape index (κ2) is 4.06. The van der Waals surface area contributed by atoms with E-state index in [1.165, 1.54) is 5.57 Å². The normalized spacial score (nSPS) is 26.1. The average Bonchev–Trinajstić information content (AvgIpc) is 2.03. The fourth-order valence-corrected chi connectivity index (χ4v) is 1.77. The lowest BCUT2D eigenvalue weighted by Gasteiger charge is -2.31. The molecular formula is C10H20N2. The van der Waals surface area contributed by atoms with E-state index in [0.717, 1.165) is 19.6 Å². The molecule has 2 N–H and O–H groups in total. The highest BCUT2D eigenvalue weighted by atomic mass is 15.1. The van der Waals surface area contributed by atoms with Crippen molar-refractivity contribution in [3.8, 4) is 0 Å². The third kappa shape index (κ3) is 2.08. The van der Waals surface area contributed by atoms with E-state index in [1.807, 2.05) is 0 Å². The van der Waals surface area contributed by atoms with E-state index >= 15 is 0 Å². The largest absolute Gasteiger partial charge is 0.323 e. The highest BCUT2D eigenvalue weighted by Crippen LogP contribution is 2.17. The Morgan fingerprint density at radius 3 is 2.75 bits per heavy atom. The van der Waals surface area contributed by atoms with Crippen LogP contribution in [0.25, 0.3) is 0 Å². The summed E-state index contributed by atoms with van der Waals surface area (Å²) in [7, 11) is 0. The Morgan fingerprint density at radius 1 is 1.67 bits per heavy atom. The minimum absolute atomic E-state index is 0.263. The third-order valence-electron chi connectivity index (χ3n) is 2.58. The molecule has 0 saturated heterocycles. The number of hydrogen-bond donors (Lipinski definition) is 1. The van der Waals surface area contributed by atoms with E-state index < -0.39 is 0 Å². The molecule has 1 aliphatic heterocycles. The molecule has 0 amide bonds. The van der Waals surface area contributed by atoms with Crippen LogP contribution in [0, 0.1) is 5.92 Å². The van der Waals surface area contributed by atoms with Gasteiger partial charge in [-0.05, 0) is 12.5 Å². The minimum atomic E-state index is 0.263. The van der Waals surface area contributed by atoms with Crippen LogP contribution in [-0.2, 0) is 0 Å². The van der Waals surface area contributed by atoms with Gasteiger partial charge in [-0.2, -0.15) is 0 Å². The number of likely N-dealkylation sites (N-methyl/N-ethyl adjacent to an activating group) is 1. The number of hydrogen-bond acceptors (Lipinski definition) is 2. The maximum absolute atomic E-state index is 6.04. The Bertz CT molecular complexity index is 173.